The fraction of sp³-hybridized carbons (Fsp3) is 0.643. The number of hydrogen-bond donors (Lipinski definition) is 8. The van der Waals surface area contributed by atoms with Crippen molar-refractivity contribution >= 4 is 71.0 Å². The molecule has 26 nitrogen and oxygen atoms in total. The van der Waals surface area contributed by atoms with Crippen LogP contribution in [0.4, 0.5) is 15.3 Å². The van der Waals surface area contributed by atoms with Crippen LogP contribution >= 0.6 is 0 Å². The molecule has 1 unspecified atom stereocenters. The highest BCUT2D eigenvalue weighted by atomic mass is 16.5. The first-order chi connectivity index (χ1) is 45.6. The van der Waals surface area contributed by atoms with Crippen LogP contribution in [0.25, 0.3) is 0 Å². The lowest BCUT2D eigenvalue weighted by Gasteiger charge is -2.41. The summed E-state index contributed by atoms with van der Waals surface area (Å²) in [4.78, 5) is 154. The normalized spacial score (nSPS) is 21.7. The molecule has 3 fully saturated rings. The maximum absolute atomic E-state index is 14.6. The summed E-state index contributed by atoms with van der Waals surface area (Å²) >= 11 is 0. The predicted octanol–water partition coefficient (Wildman–Crippen LogP) is 4.68. The van der Waals surface area contributed by atoms with E-state index in [4.69, 9.17) is 19.9 Å². The molecule has 12 atom stereocenters. The van der Waals surface area contributed by atoms with E-state index in [1.165, 1.54) is 19.3 Å². The Morgan fingerprint density at radius 1 is 0.771 bits per heavy atom. The van der Waals surface area contributed by atoms with E-state index in [1.54, 1.807) is 69.0 Å². The van der Waals surface area contributed by atoms with Gasteiger partial charge in [-0.25, -0.2) is 9.59 Å². The van der Waals surface area contributed by atoms with E-state index < -0.39 is 83.4 Å². The van der Waals surface area contributed by atoms with E-state index in [0.29, 0.717) is 75.6 Å². The molecule has 1 aliphatic carbocycles. The first-order valence-electron chi connectivity index (χ1n) is 34.1. The molecule has 0 radical (unpaired) electrons. The summed E-state index contributed by atoms with van der Waals surface area (Å²) in [5, 5.41) is 20.2. The van der Waals surface area contributed by atoms with Gasteiger partial charge in [0.1, 0.15) is 24.2 Å². The second-order valence-electron chi connectivity index (χ2n) is 27.3. The van der Waals surface area contributed by atoms with Crippen LogP contribution in [0, 0.1) is 29.6 Å². The van der Waals surface area contributed by atoms with Crippen LogP contribution in [-0.4, -0.2) is 199 Å². The van der Waals surface area contributed by atoms with Crippen LogP contribution in [0.15, 0.2) is 66.7 Å². The Morgan fingerprint density at radius 3 is 2.05 bits per heavy atom. The van der Waals surface area contributed by atoms with Gasteiger partial charge < -0.3 is 67.0 Å². The number of anilines is 1. The number of carbonyl (C=O) groups is 11. The highest BCUT2D eigenvalue weighted by Gasteiger charge is 2.61. The van der Waals surface area contributed by atoms with Gasteiger partial charge in [-0.1, -0.05) is 104 Å². The summed E-state index contributed by atoms with van der Waals surface area (Å²) in [6.07, 6.45) is 6.31. The number of rotatable bonds is 37. The molecule has 0 spiro atoms. The van der Waals surface area contributed by atoms with E-state index in [9.17, 15) is 52.7 Å². The second kappa shape index (κ2) is 35.9. The van der Waals surface area contributed by atoms with Gasteiger partial charge in [0.2, 0.25) is 41.4 Å². The molecule has 530 valence electrons. The van der Waals surface area contributed by atoms with Gasteiger partial charge in [-0.3, -0.25) is 53.0 Å². The molecule has 2 aromatic carbocycles. The molecule has 12 amide bonds. The average molecular weight is 1340 g/mol. The van der Waals surface area contributed by atoms with Crippen LogP contribution in [0.1, 0.15) is 144 Å². The number of likely N-dealkylation sites (N-methyl/N-ethyl adjacent to an activating group) is 2. The number of carbonyl (C=O) groups excluding carboxylic acids is 11. The summed E-state index contributed by atoms with van der Waals surface area (Å²) in [5.41, 5.74) is 5.07. The number of hydrogen-bond acceptors (Lipinski definition) is 15. The lowest BCUT2D eigenvalue weighted by atomic mass is 9.89. The Hall–Kier alpha value is -7.97. The molecule has 4 aliphatic rings. The first-order valence-corrected chi connectivity index (χ1v) is 34.1. The van der Waals surface area contributed by atoms with Gasteiger partial charge in [0.15, 0.2) is 0 Å². The zero-order chi connectivity index (χ0) is 70.6. The smallest absolute Gasteiger partial charge is 0.407 e. The van der Waals surface area contributed by atoms with Crippen molar-refractivity contribution in [3.63, 3.8) is 0 Å². The lowest BCUT2D eigenvalue weighted by Crippen LogP contribution is -2.61. The fourth-order valence-corrected chi connectivity index (χ4v) is 13.5. The van der Waals surface area contributed by atoms with E-state index in [1.807, 2.05) is 76.9 Å². The van der Waals surface area contributed by atoms with Gasteiger partial charge in [0.05, 0.1) is 48.2 Å². The molecule has 3 heterocycles. The van der Waals surface area contributed by atoms with Gasteiger partial charge >= 0.3 is 12.1 Å². The van der Waals surface area contributed by atoms with Crippen LogP contribution < -0.4 is 43.0 Å². The van der Waals surface area contributed by atoms with Crippen LogP contribution in [0.3, 0.4) is 0 Å². The third-order valence-electron chi connectivity index (χ3n) is 19.8. The minimum atomic E-state index is -1.38. The Bertz CT molecular complexity index is 3040. The number of urea groups is 1. The lowest BCUT2D eigenvalue weighted by molar-refractivity contribution is -0.148. The zero-order valence-corrected chi connectivity index (χ0v) is 58.3. The molecule has 96 heavy (non-hydrogen) atoms. The van der Waals surface area contributed by atoms with Gasteiger partial charge in [0, 0.05) is 71.7 Å². The number of methoxy groups -OCH3 is 2. The summed E-state index contributed by atoms with van der Waals surface area (Å²) in [5.74, 6) is -4.98. The average Bonchev–Trinajstić information content (AvgIpc) is 1.58. The molecule has 3 aliphatic heterocycles. The molecule has 26 heteroatoms. The minimum Gasteiger partial charge on any atom is -0.445 e. The van der Waals surface area contributed by atoms with Gasteiger partial charge in [0.25, 0.3) is 11.8 Å². The number of unbranched alkanes of at least 4 members (excludes halogenated alkanes) is 2. The third kappa shape index (κ3) is 20.5. The van der Waals surface area contributed by atoms with Crippen molar-refractivity contribution < 1.29 is 67.0 Å². The van der Waals surface area contributed by atoms with Crippen molar-refractivity contribution in [1.29, 1.82) is 0 Å². The fourth-order valence-electron chi connectivity index (χ4n) is 13.5. The van der Waals surface area contributed by atoms with Crippen LogP contribution in [-0.2, 0) is 70.4 Å². The van der Waals surface area contributed by atoms with Crippen molar-refractivity contribution in [2.24, 2.45) is 35.3 Å². The molecule has 0 bridgehead atoms. The number of primary amides is 1. The number of nitrogens with one attached hydrogen (secondary N) is 7. The maximum Gasteiger partial charge on any atom is 0.407 e. The number of nitrogens with zero attached hydrogens (tertiary/aromatic N) is 4. The SMILES string of the molecule is CC[C@H](C)[C@@H]([C@@H](CC(=O)N1CCC[C@H]1[C@H](OC)[C@@H](C)C(=O)N[C@H](CNC(=O)OCc1ccc(NC(=O)C2(NC(=O)[C@@H](NC(=O)CCCCCN3C(=O)C=CC3=O)C(C)C)C[C@H]2CCNC(N)=O)cc1)Cc1ccccc1)OC)N(C)C(=O)[C@@H](NC(=O)[C@]1(C)CCCN1C)C(C)C. The van der Waals surface area contributed by atoms with Crippen LogP contribution in [0.2, 0.25) is 0 Å². The number of amides is 12. The van der Waals surface area contributed by atoms with Crippen molar-refractivity contribution in [3.05, 3.63) is 77.9 Å². The van der Waals surface area contributed by atoms with E-state index >= 15 is 0 Å². The molecule has 6 rings (SSSR count). The van der Waals surface area contributed by atoms with Crippen molar-refractivity contribution in [1.82, 2.24) is 51.5 Å². The minimum absolute atomic E-state index is 0.00810. The number of nitrogens with two attached hydrogens (primary N) is 1. The predicted molar refractivity (Wildman–Crippen MR) is 361 cm³/mol. The second-order valence-corrected chi connectivity index (χ2v) is 27.3. The van der Waals surface area contributed by atoms with Crippen LogP contribution in [0.5, 0.6) is 0 Å². The molecule has 9 N–H and O–H groups in total. The summed E-state index contributed by atoms with van der Waals surface area (Å²) < 4.78 is 17.8. The van der Waals surface area contributed by atoms with E-state index in [2.05, 4.69) is 37.2 Å². The number of likely N-dealkylation sites (tertiary alicyclic amines) is 2. The molecule has 2 aromatic rings. The molecular formula is C70H106N12O14. The maximum atomic E-state index is 14.6. The largest absolute Gasteiger partial charge is 0.445 e. The summed E-state index contributed by atoms with van der Waals surface area (Å²) in [7, 11) is 6.71. The molecule has 1 saturated carbocycles. The Labute approximate surface area is 565 Å². The van der Waals surface area contributed by atoms with Gasteiger partial charge in [-0.05, 0) is 125 Å². The Balaban J connectivity index is 1.03. The molecule has 2 saturated heterocycles. The quantitative estimate of drug-likeness (QED) is 0.0336. The Morgan fingerprint density at radius 2 is 1.45 bits per heavy atom. The van der Waals surface area contributed by atoms with E-state index in [0.717, 1.165) is 23.4 Å². The molecule has 0 aromatic heterocycles. The zero-order valence-electron chi connectivity index (χ0n) is 58.3. The monoisotopic (exact) mass is 1340 g/mol. The summed E-state index contributed by atoms with van der Waals surface area (Å²) in [6, 6.07) is 12.0. The highest BCUT2D eigenvalue weighted by molar-refractivity contribution is 6.13. The topological polar surface area (TPSA) is 339 Å². The van der Waals surface area contributed by atoms with Crippen molar-refractivity contribution in [2.75, 3.05) is 66.4 Å². The molecular weight excluding hydrogens is 1230 g/mol. The van der Waals surface area contributed by atoms with Gasteiger partial charge in [-0.15, -0.1) is 0 Å². The number of ether oxygens (including phenoxy) is 3. The first kappa shape index (κ1) is 77.0. The summed E-state index contributed by atoms with van der Waals surface area (Å²) in [6.45, 7) is 16.5. The Kier molecular flexibility index (Phi) is 28.8. The highest BCUT2D eigenvalue weighted by Crippen LogP contribution is 2.47. The van der Waals surface area contributed by atoms with E-state index in [-0.39, 0.29) is 111 Å². The number of imide groups is 1. The number of alkyl carbamates (subject to hydrolysis) is 1. The van der Waals surface area contributed by atoms with Gasteiger partial charge in [-0.2, -0.15) is 0 Å². The number of benzene rings is 2. The standard InChI is InChI=1S/C70H106N12O14/c1-13-45(6)60(80(10)64(89)59(44(4)5)77-65(90)69(8)33-21-35-79(69)9)53(94-11)39-57(86)81-37-20-24-52(81)61(95-12)46(7)62(87)74-51(38-47-22-16-14-17-23-47)41-73-68(93)96-42-48-26-28-50(29-27-48)75-66(91)70(40-49(70)32-34-72-67(71)92)78-63(88)58(43(2)3)76-54(83)25-18-15-19-36-82-55(84)30-31-56(82)85/h14,16-17,22-23,26-31,43-46,49,51-53,58-61H,13,15,18-21,24-25,32-42H2,1-12H3,(H,73,93)(H,74,87)(H,75,91)(H,76,83)(H,77,90)(H,78,88)(H3,71,72,92)/t45-,46+,49+,51-,52-,53+,58-,59-,60-,61+,69-,70?/m0/s1. The van der Waals surface area contributed by atoms with Crippen molar-refractivity contribution in [2.45, 2.75) is 199 Å². The van der Waals surface area contributed by atoms with Crippen molar-refractivity contribution in [3.8, 4) is 0 Å². The third-order valence-corrected chi connectivity index (χ3v) is 19.8.